The Morgan fingerprint density at radius 1 is 1.25 bits per heavy atom. The Morgan fingerprint density at radius 3 is 2.75 bits per heavy atom. The van der Waals surface area contributed by atoms with Crippen LogP contribution in [0.1, 0.15) is 34.8 Å². The number of para-hydroxylation sites is 1. The van der Waals surface area contributed by atoms with Crippen molar-refractivity contribution >= 4 is 5.91 Å². The number of aromatic nitrogens is 1. The number of carbonyl (C=O) groups is 1. The molecular formula is C20H27N3O5. The van der Waals surface area contributed by atoms with Gasteiger partial charge in [0.05, 0.1) is 27.4 Å². The number of rotatable bonds is 11. The number of methoxy groups -OCH3 is 3. The highest BCUT2D eigenvalue weighted by Crippen LogP contribution is 2.35. The maximum atomic E-state index is 12.1. The van der Waals surface area contributed by atoms with Crippen molar-refractivity contribution in [2.24, 2.45) is 0 Å². The highest BCUT2D eigenvalue weighted by molar-refractivity contribution is 5.91. The number of benzene rings is 1. The van der Waals surface area contributed by atoms with Crippen LogP contribution < -0.4 is 14.8 Å². The zero-order valence-corrected chi connectivity index (χ0v) is 16.6. The highest BCUT2D eigenvalue weighted by atomic mass is 16.5. The third-order valence-corrected chi connectivity index (χ3v) is 4.64. The largest absolute Gasteiger partial charge is 0.493 e. The van der Waals surface area contributed by atoms with Gasteiger partial charge >= 0.3 is 0 Å². The summed E-state index contributed by atoms with van der Waals surface area (Å²) < 4.78 is 21.4. The van der Waals surface area contributed by atoms with Crippen LogP contribution in [0, 0.1) is 0 Å². The molecule has 1 aromatic carbocycles. The molecule has 0 spiro atoms. The summed E-state index contributed by atoms with van der Waals surface area (Å²) in [6, 6.07) is 6.34. The summed E-state index contributed by atoms with van der Waals surface area (Å²) in [6.45, 7) is 2.09. The number of nitrogens with one attached hydrogen (secondary N) is 1. The Bertz CT molecular complexity index is 788. The van der Waals surface area contributed by atoms with Gasteiger partial charge in [0.25, 0.3) is 5.91 Å². The molecule has 28 heavy (non-hydrogen) atoms. The average Bonchev–Trinajstić information content (AvgIpc) is 3.46. The lowest BCUT2D eigenvalue weighted by atomic mass is 10.1. The monoisotopic (exact) mass is 389 g/mol. The summed E-state index contributed by atoms with van der Waals surface area (Å²) in [6.07, 6.45) is 3.67. The summed E-state index contributed by atoms with van der Waals surface area (Å²) >= 11 is 0. The van der Waals surface area contributed by atoms with E-state index in [-0.39, 0.29) is 11.6 Å². The van der Waals surface area contributed by atoms with E-state index in [2.05, 4.69) is 15.2 Å². The first-order valence-corrected chi connectivity index (χ1v) is 9.31. The van der Waals surface area contributed by atoms with Crippen molar-refractivity contribution in [3.8, 4) is 11.5 Å². The number of oxazole rings is 1. The van der Waals surface area contributed by atoms with E-state index in [0.717, 1.165) is 24.2 Å². The second-order valence-electron chi connectivity index (χ2n) is 6.66. The third kappa shape index (κ3) is 5.02. The number of carbonyl (C=O) groups excluding carboxylic acids is 1. The van der Waals surface area contributed by atoms with Crippen LogP contribution in [0.25, 0.3) is 0 Å². The van der Waals surface area contributed by atoms with Gasteiger partial charge in [0, 0.05) is 31.8 Å². The Labute approximate surface area is 164 Å². The topological polar surface area (TPSA) is 86.1 Å². The first-order chi connectivity index (χ1) is 13.7. The predicted molar refractivity (Wildman–Crippen MR) is 103 cm³/mol. The van der Waals surface area contributed by atoms with Crippen molar-refractivity contribution in [2.45, 2.75) is 32.0 Å². The summed E-state index contributed by atoms with van der Waals surface area (Å²) in [5.74, 6) is 1.70. The van der Waals surface area contributed by atoms with Gasteiger partial charge in [-0.15, -0.1) is 0 Å². The van der Waals surface area contributed by atoms with Gasteiger partial charge in [-0.2, -0.15) is 0 Å². The van der Waals surface area contributed by atoms with Gasteiger partial charge in [0.15, 0.2) is 17.2 Å². The van der Waals surface area contributed by atoms with Crippen molar-refractivity contribution in [3.05, 3.63) is 41.6 Å². The predicted octanol–water partition coefficient (Wildman–Crippen LogP) is 2.23. The van der Waals surface area contributed by atoms with E-state index in [1.54, 1.807) is 21.3 Å². The molecule has 0 radical (unpaired) electrons. The third-order valence-electron chi connectivity index (χ3n) is 4.64. The normalized spacial score (nSPS) is 13.6. The summed E-state index contributed by atoms with van der Waals surface area (Å²) in [5, 5.41) is 2.74. The molecule has 8 nitrogen and oxygen atoms in total. The zero-order valence-electron chi connectivity index (χ0n) is 16.6. The van der Waals surface area contributed by atoms with Crippen LogP contribution in [0.15, 0.2) is 28.9 Å². The molecule has 2 aromatic rings. The number of nitrogens with zero attached hydrogens (tertiary/aromatic N) is 2. The van der Waals surface area contributed by atoms with Gasteiger partial charge in [0.1, 0.15) is 6.26 Å². The molecule has 1 N–H and O–H groups in total. The molecule has 1 fully saturated rings. The molecule has 0 saturated heterocycles. The van der Waals surface area contributed by atoms with Crippen molar-refractivity contribution in [3.63, 3.8) is 0 Å². The maximum Gasteiger partial charge on any atom is 0.273 e. The molecule has 1 aromatic heterocycles. The van der Waals surface area contributed by atoms with Gasteiger partial charge in [-0.25, -0.2) is 4.98 Å². The molecule has 0 atom stereocenters. The molecule has 0 unspecified atom stereocenters. The van der Waals surface area contributed by atoms with E-state index < -0.39 is 0 Å². The van der Waals surface area contributed by atoms with E-state index >= 15 is 0 Å². The molecule has 1 heterocycles. The standard InChI is InChI=1S/C20H27N3O5/c1-25-10-9-21-20(24)16-13-28-18(22-16)12-23(15-7-8-15)11-14-5-4-6-17(26-2)19(14)27-3/h4-6,13,15H,7-12H2,1-3H3,(H,21,24). The Hall–Kier alpha value is -2.58. The van der Waals surface area contributed by atoms with Gasteiger partial charge in [-0.3, -0.25) is 9.69 Å². The van der Waals surface area contributed by atoms with Gasteiger partial charge in [-0.05, 0) is 18.9 Å². The van der Waals surface area contributed by atoms with Gasteiger partial charge in [0.2, 0.25) is 5.89 Å². The average molecular weight is 389 g/mol. The lowest BCUT2D eigenvalue weighted by Crippen LogP contribution is -2.27. The number of amides is 1. The minimum absolute atomic E-state index is 0.264. The number of hydrogen-bond donors (Lipinski definition) is 1. The zero-order chi connectivity index (χ0) is 19.9. The Morgan fingerprint density at radius 2 is 2.07 bits per heavy atom. The fourth-order valence-corrected chi connectivity index (χ4v) is 3.07. The summed E-state index contributed by atoms with van der Waals surface area (Å²) in [7, 11) is 4.86. The Kier molecular flexibility index (Phi) is 6.89. The lowest BCUT2D eigenvalue weighted by Gasteiger charge is -2.22. The fraction of sp³-hybridized carbons (Fsp3) is 0.500. The SMILES string of the molecule is COCCNC(=O)c1coc(CN(Cc2cccc(OC)c2OC)C2CC2)n1. The van der Waals surface area contributed by atoms with Crippen LogP contribution in [-0.4, -0.2) is 56.3 Å². The van der Waals surface area contributed by atoms with E-state index in [0.29, 0.717) is 43.9 Å². The second kappa shape index (κ2) is 9.57. The molecule has 152 valence electrons. The van der Waals surface area contributed by atoms with Crippen LogP contribution in [0.2, 0.25) is 0 Å². The molecule has 1 amide bonds. The van der Waals surface area contributed by atoms with Crippen molar-refractivity contribution in [1.82, 2.24) is 15.2 Å². The van der Waals surface area contributed by atoms with E-state index in [1.165, 1.54) is 6.26 Å². The maximum absolute atomic E-state index is 12.1. The van der Waals surface area contributed by atoms with Crippen LogP contribution in [0.4, 0.5) is 0 Å². The summed E-state index contributed by atoms with van der Waals surface area (Å²) in [5.41, 5.74) is 1.32. The summed E-state index contributed by atoms with van der Waals surface area (Å²) in [4.78, 5) is 18.7. The van der Waals surface area contributed by atoms with Crippen molar-refractivity contribution in [2.75, 3.05) is 34.5 Å². The fourth-order valence-electron chi connectivity index (χ4n) is 3.07. The molecule has 1 aliphatic carbocycles. The van der Waals surface area contributed by atoms with Crippen molar-refractivity contribution in [1.29, 1.82) is 0 Å². The highest BCUT2D eigenvalue weighted by Gasteiger charge is 2.31. The van der Waals surface area contributed by atoms with Crippen LogP contribution in [-0.2, 0) is 17.8 Å². The van der Waals surface area contributed by atoms with Gasteiger partial charge in [-0.1, -0.05) is 12.1 Å². The molecular weight excluding hydrogens is 362 g/mol. The number of ether oxygens (including phenoxy) is 3. The van der Waals surface area contributed by atoms with E-state index in [4.69, 9.17) is 18.6 Å². The molecule has 3 rings (SSSR count). The van der Waals surface area contributed by atoms with E-state index in [9.17, 15) is 4.79 Å². The molecule has 8 heteroatoms. The smallest absolute Gasteiger partial charge is 0.273 e. The first-order valence-electron chi connectivity index (χ1n) is 9.31. The number of hydrogen-bond acceptors (Lipinski definition) is 7. The van der Waals surface area contributed by atoms with Crippen LogP contribution in [0.5, 0.6) is 11.5 Å². The molecule has 0 aliphatic heterocycles. The quantitative estimate of drug-likeness (QED) is 0.590. The molecule has 1 saturated carbocycles. The van der Waals surface area contributed by atoms with Gasteiger partial charge < -0.3 is 23.9 Å². The minimum Gasteiger partial charge on any atom is -0.493 e. The second-order valence-corrected chi connectivity index (χ2v) is 6.66. The first kappa shape index (κ1) is 20.2. The lowest BCUT2D eigenvalue weighted by molar-refractivity contribution is 0.0932. The Balaban J connectivity index is 1.67. The van der Waals surface area contributed by atoms with Crippen LogP contribution in [0.3, 0.4) is 0 Å². The van der Waals surface area contributed by atoms with E-state index in [1.807, 2.05) is 18.2 Å². The molecule has 0 bridgehead atoms. The minimum atomic E-state index is -0.264. The van der Waals surface area contributed by atoms with Crippen molar-refractivity contribution < 1.29 is 23.4 Å². The molecule has 1 aliphatic rings. The van der Waals surface area contributed by atoms with Crippen LogP contribution >= 0.6 is 0 Å².